The van der Waals surface area contributed by atoms with Gasteiger partial charge in [-0.15, -0.1) is 0 Å². The highest BCUT2D eigenvalue weighted by Crippen LogP contribution is 2.49. The summed E-state index contributed by atoms with van der Waals surface area (Å²) >= 11 is 0. The zero-order chi connectivity index (χ0) is 22.4. The minimum Gasteiger partial charge on any atom is -0.467 e. The molecule has 2 aromatic rings. The van der Waals surface area contributed by atoms with Crippen LogP contribution in [0, 0.1) is 13.8 Å². The van der Waals surface area contributed by atoms with Crippen LogP contribution in [0.1, 0.15) is 69.7 Å². The van der Waals surface area contributed by atoms with Crippen LogP contribution in [0.4, 0.5) is 0 Å². The van der Waals surface area contributed by atoms with Crippen molar-refractivity contribution in [3.63, 3.8) is 0 Å². The molecule has 0 aliphatic carbocycles. The standard InChI is InChI=1S/C26H38NO2P/c1-9-14-26(7,22-16-19(2)15-20(3)24(22)29-18-28-8)30-23-13-11-10-12-21(23)17-27-25(4,5)6/h10-13,15-17,30H,9,14,18H2,1-8H3. The highest BCUT2D eigenvalue weighted by molar-refractivity contribution is 7.48. The van der Waals surface area contributed by atoms with Crippen LogP contribution in [0.2, 0.25) is 0 Å². The second-order valence-corrected chi connectivity index (χ2v) is 11.1. The summed E-state index contributed by atoms with van der Waals surface area (Å²) in [6.07, 6.45) is 4.24. The van der Waals surface area contributed by atoms with Crippen LogP contribution < -0.4 is 10.0 Å². The number of aliphatic imine (C=N–C) groups is 1. The molecule has 30 heavy (non-hydrogen) atoms. The van der Waals surface area contributed by atoms with Gasteiger partial charge in [0.05, 0.1) is 5.54 Å². The normalized spacial score (nSPS) is 14.5. The molecule has 0 aromatic heterocycles. The van der Waals surface area contributed by atoms with E-state index in [0.717, 1.165) is 24.2 Å². The maximum absolute atomic E-state index is 6.08. The summed E-state index contributed by atoms with van der Waals surface area (Å²) in [6.45, 7) is 15.6. The van der Waals surface area contributed by atoms with Crippen molar-refractivity contribution in [3.8, 4) is 5.75 Å². The van der Waals surface area contributed by atoms with E-state index in [2.05, 4.69) is 84.9 Å². The Morgan fingerprint density at radius 1 is 1.07 bits per heavy atom. The Balaban J connectivity index is 2.54. The highest BCUT2D eigenvalue weighted by Gasteiger charge is 2.31. The number of aryl methyl sites for hydroxylation is 2. The van der Waals surface area contributed by atoms with Gasteiger partial charge in [0.1, 0.15) is 5.75 Å². The Bertz CT molecular complexity index is 870. The van der Waals surface area contributed by atoms with E-state index in [4.69, 9.17) is 14.5 Å². The lowest BCUT2D eigenvalue weighted by Gasteiger charge is -2.33. The summed E-state index contributed by atoms with van der Waals surface area (Å²) in [4.78, 5) is 4.76. The molecule has 0 N–H and O–H groups in total. The van der Waals surface area contributed by atoms with E-state index >= 15 is 0 Å². The van der Waals surface area contributed by atoms with Crippen molar-refractivity contribution in [2.24, 2.45) is 4.99 Å². The van der Waals surface area contributed by atoms with Crippen molar-refractivity contribution in [1.29, 1.82) is 0 Å². The van der Waals surface area contributed by atoms with Gasteiger partial charge in [-0.25, -0.2) is 0 Å². The molecular weight excluding hydrogens is 389 g/mol. The molecule has 0 saturated carbocycles. The summed E-state index contributed by atoms with van der Waals surface area (Å²) < 4.78 is 11.3. The molecule has 0 bridgehead atoms. The number of benzene rings is 2. The van der Waals surface area contributed by atoms with Gasteiger partial charge in [-0.3, -0.25) is 4.99 Å². The number of rotatable bonds is 9. The Kier molecular flexibility index (Phi) is 8.64. The van der Waals surface area contributed by atoms with Crippen LogP contribution in [0.25, 0.3) is 0 Å². The summed E-state index contributed by atoms with van der Waals surface area (Å²) in [5.41, 5.74) is 4.83. The second-order valence-electron chi connectivity index (χ2n) is 9.23. The van der Waals surface area contributed by atoms with Crippen molar-refractivity contribution >= 4 is 20.1 Å². The Labute approximate surface area is 185 Å². The average molecular weight is 428 g/mol. The fourth-order valence-corrected chi connectivity index (χ4v) is 5.48. The third-order valence-electron chi connectivity index (χ3n) is 5.05. The van der Waals surface area contributed by atoms with E-state index in [1.807, 2.05) is 6.21 Å². The van der Waals surface area contributed by atoms with Crippen LogP contribution in [0.5, 0.6) is 5.75 Å². The van der Waals surface area contributed by atoms with Crippen LogP contribution >= 0.6 is 8.58 Å². The molecule has 0 spiro atoms. The molecule has 0 heterocycles. The van der Waals surface area contributed by atoms with Crippen LogP contribution in [-0.2, 0) is 9.89 Å². The van der Waals surface area contributed by atoms with E-state index in [1.54, 1.807) is 7.11 Å². The molecule has 164 valence electrons. The van der Waals surface area contributed by atoms with Crippen molar-refractivity contribution in [2.75, 3.05) is 13.9 Å². The number of methoxy groups -OCH3 is 1. The molecule has 2 rings (SSSR count). The summed E-state index contributed by atoms with van der Waals surface area (Å²) in [6, 6.07) is 13.1. The molecular formula is C26H38NO2P. The van der Waals surface area contributed by atoms with Gasteiger partial charge in [0, 0.05) is 24.0 Å². The third-order valence-corrected chi connectivity index (χ3v) is 6.84. The van der Waals surface area contributed by atoms with Crippen molar-refractivity contribution < 1.29 is 9.47 Å². The molecule has 0 saturated heterocycles. The number of ether oxygens (including phenoxy) is 2. The van der Waals surface area contributed by atoms with Gasteiger partial charge in [-0.05, 0) is 57.5 Å². The number of hydrogen-bond donors (Lipinski definition) is 0. The van der Waals surface area contributed by atoms with Gasteiger partial charge in [0.25, 0.3) is 0 Å². The lowest BCUT2D eigenvalue weighted by molar-refractivity contribution is 0.0495. The molecule has 0 radical (unpaired) electrons. The first-order valence-electron chi connectivity index (χ1n) is 10.8. The molecule has 4 heteroatoms. The lowest BCUT2D eigenvalue weighted by atomic mass is 9.91. The molecule has 0 amide bonds. The van der Waals surface area contributed by atoms with E-state index in [0.29, 0.717) is 8.58 Å². The summed E-state index contributed by atoms with van der Waals surface area (Å²) in [5, 5.41) is 1.32. The monoisotopic (exact) mass is 427 g/mol. The molecule has 0 fully saturated rings. The smallest absolute Gasteiger partial charge is 0.188 e. The minimum absolute atomic E-state index is 0.0275. The molecule has 2 aromatic carbocycles. The average Bonchev–Trinajstić information content (AvgIpc) is 2.65. The summed E-state index contributed by atoms with van der Waals surface area (Å²) in [7, 11) is 2.27. The van der Waals surface area contributed by atoms with E-state index in [9.17, 15) is 0 Å². The SMILES string of the molecule is CCCC(C)(Pc1ccccc1C=NC(C)(C)C)c1cc(C)cc(C)c1OCOC. The zero-order valence-corrected chi connectivity index (χ0v) is 20.9. The van der Waals surface area contributed by atoms with E-state index in [-0.39, 0.29) is 17.5 Å². The van der Waals surface area contributed by atoms with E-state index < -0.39 is 0 Å². The predicted octanol–water partition coefficient (Wildman–Crippen LogP) is 6.52. The van der Waals surface area contributed by atoms with E-state index in [1.165, 1.54) is 22.0 Å². The minimum atomic E-state index is -0.0856. The molecule has 2 atom stereocenters. The fraction of sp³-hybridized carbons (Fsp3) is 0.500. The van der Waals surface area contributed by atoms with Crippen LogP contribution in [0.3, 0.4) is 0 Å². The van der Waals surface area contributed by atoms with Crippen LogP contribution in [-0.4, -0.2) is 25.7 Å². The first-order chi connectivity index (χ1) is 14.1. The van der Waals surface area contributed by atoms with Crippen molar-refractivity contribution in [2.45, 2.75) is 72.0 Å². The Morgan fingerprint density at radius 3 is 2.40 bits per heavy atom. The Morgan fingerprint density at radius 2 is 1.77 bits per heavy atom. The third kappa shape index (κ3) is 6.65. The van der Waals surface area contributed by atoms with Gasteiger partial charge < -0.3 is 9.47 Å². The maximum atomic E-state index is 6.08. The fourth-order valence-electron chi connectivity index (χ4n) is 3.72. The van der Waals surface area contributed by atoms with Gasteiger partial charge in [0.15, 0.2) is 6.79 Å². The Hall–Kier alpha value is -1.70. The highest BCUT2D eigenvalue weighted by atomic mass is 31.1. The first kappa shape index (κ1) is 24.6. The molecule has 0 aliphatic heterocycles. The van der Waals surface area contributed by atoms with Gasteiger partial charge >= 0.3 is 0 Å². The van der Waals surface area contributed by atoms with Crippen molar-refractivity contribution in [1.82, 2.24) is 0 Å². The molecule has 0 aliphatic rings. The zero-order valence-electron chi connectivity index (χ0n) is 19.9. The second kappa shape index (κ2) is 10.6. The molecule has 3 nitrogen and oxygen atoms in total. The predicted molar refractivity (Wildman–Crippen MR) is 132 cm³/mol. The summed E-state index contributed by atoms with van der Waals surface area (Å²) in [5.74, 6) is 0.965. The van der Waals surface area contributed by atoms with Gasteiger partial charge in [-0.1, -0.05) is 70.8 Å². The molecule has 2 unspecified atom stereocenters. The number of hydrogen-bond acceptors (Lipinski definition) is 3. The quantitative estimate of drug-likeness (QED) is 0.259. The topological polar surface area (TPSA) is 30.8 Å². The van der Waals surface area contributed by atoms with Gasteiger partial charge in [-0.2, -0.15) is 0 Å². The number of nitrogens with zero attached hydrogens (tertiary/aromatic N) is 1. The van der Waals surface area contributed by atoms with Gasteiger partial charge in [0.2, 0.25) is 0 Å². The first-order valence-corrected chi connectivity index (χ1v) is 11.8. The largest absolute Gasteiger partial charge is 0.467 e. The maximum Gasteiger partial charge on any atom is 0.188 e. The van der Waals surface area contributed by atoms with Crippen molar-refractivity contribution in [3.05, 3.63) is 58.7 Å². The lowest BCUT2D eigenvalue weighted by Crippen LogP contribution is -2.23. The van der Waals surface area contributed by atoms with Crippen LogP contribution in [0.15, 0.2) is 41.4 Å².